The molecule has 4 nitrogen and oxygen atoms in total. The molecule has 5 atom stereocenters. The molecule has 1 unspecified atom stereocenters. The molecule has 1 heterocycles. The summed E-state index contributed by atoms with van der Waals surface area (Å²) < 4.78 is 45.0. The molecule has 31 heavy (non-hydrogen) atoms. The van der Waals surface area contributed by atoms with Crippen molar-refractivity contribution in [2.45, 2.75) is 66.0 Å². The van der Waals surface area contributed by atoms with E-state index in [2.05, 4.69) is 10.2 Å². The summed E-state index contributed by atoms with van der Waals surface area (Å²) in [5.74, 6) is 1.11. The molecule has 168 valence electrons. The van der Waals surface area contributed by atoms with Crippen molar-refractivity contribution in [1.82, 2.24) is 5.32 Å². The summed E-state index contributed by atoms with van der Waals surface area (Å²) in [5, 5.41) is 3.06. The van der Waals surface area contributed by atoms with Gasteiger partial charge in [-0.25, -0.2) is 0 Å². The molecule has 1 aromatic rings. The third-order valence-electron chi connectivity index (χ3n) is 8.40. The Hall–Kier alpha value is -1.28. The number of anilines is 1. The molecule has 0 aromatic heterocycles. The van der Waals surface area contributed by atoms with Gasteiger partial charge in [-0.15, -0.1) is 0 Å². The molecule has 5 saturated carbocycles. The first-order valence-electron chi connectivity index (χ1n) is 10.8. The smallest absolute Gasteiger partial charge is 0.394 e. The topological polar surface area (TPSA) is 41.6 Å². The van der Waals surface area contributed by atoms with E-state index in [0.717, 1.165) is 35.6 Å². The van der Waals surface area contributed by atoms with E-state index in [0.29, 0.717) is 5.92 Å². The number of nitrogens with one attached hydrogen (secondary N) is 1. The fourth-order valence-electron chi connectivity index (χ4n) is 7.09. The maximum Gasteiger partial charge on any atom is 0.394 e. The average molecular weight is 473 g/mol. The Labute approximate surface area is 188 Å². The summed E-state index contributed by atoms with van der Waals surface area (Å²) in [6.45, 7) is 0. The molecule has 7 rings (SSSR count). The molecular formula is C22H24ClF3N2O2S. The molecule has 0 spiro atoms. The molecule has 5 fully saturated rings. The van der Waals surface area contributed by atoms with Gasteiger partial charge in [0, 0.05) is 16.5 Å². The number of methoxy groups -OCH3 is 1. The lowest BCUT2D eigenvalue weighted by atomic mass is 9.39. The molecule has 0 saturated heterocycles. The third kappa shape index (κ3) is 2.73. The van der Waals surface area contributed by atoms with Gasteiger partial charge in [-0.2, -0.15) is 13.2 Å². The summed E-state index contributed by atoms with van der Waals surface area (Å²) in [6.07, 6.45) is -1.03. The predicted octanol–water partition coefficient (Wildman–Crippen LogP) is 5.15. The van der Waals surface area contributed by atoms with Crippen LogP contribution in [0, 0.1) is 23.2 Å². The number of hydrogen-bond donors (Lipinski definition) is 1. The lowest BCUT2D eigenvalue weighted by Gasteiger charge is -2.70. The van der Waals surface area contributed by atoms with E-state index >= 15 is 0 Å². The van der Waals surface area contributed by atoms with Crippen LogP contribution in [-0.2, 0) is 4.79 Å². The lowest BCUT2D eigenvalue weighted by Crippen LogP contribution is -2.79. The largest absolute Gasteiger partial charge is 0.497 e. The molecular weight excluding hydrogens is 449 g/mol. The van der Waals surface area contributed by atoms with Gasteiger partial charge in [0.2, 0.25) is 5.91 Å². The fraction of sp³-hybridized carbons (Fsp3) is 0.682. The molecule has 1 amide bonds. The number of carbonyl (C=O) groups is 1. The minimum atomic E-state index is -4.17. The Kier molecular flexibility index (Phi) is 4.20. The zero-order chi connectivity index (χ0) is 21.8. The first kappa shape index (κ1) is 20.3. The van der Waals surface area contributed by atoms with Crippen LogP contribution >= 0.6 is 23.4 Å². The van der Waals surface area contributed by atoms with Crippen molar-refractivity contribution in [3.63, 3.8) is 0 Å². The van der Waals surface area contributed by atoms with Crippen molar-refractivity contribution in [2.75, 3.05) is 12.0 Å². The highest BCUT2D eigenvalue weighted by Crippen LogP contribution is 2.73. The van der Waals surface area contributed by atoms with Crippen molar-refractivity contribution in [1.29, 1.82) is 0 Å². The second-order valence-electron chi connectivity index (χ2n) is 10.1. The molecule has 5 aliphatic carbocycles. The highest BCUT2D eigenvalue weighted by molar-refractivity contribution is 8.01. The average Bonchev–Trinajstić information content (AvgIpc) is 3.33. The van der Waals surface area contributed by atoms with Crippen LogP contribution < -0.4 is 15.0 Å². The zero-order valence-electron chi connectivity index (χ0n) is 17.0. The lowest BCUT2D eigenvalue weighted by molar-refractivity contribution is -0.337. The highest BCUT2D eigenvalue weighted by atomic mass is 35.5. The van der Waals surface area contributed by atoms with Crippen LogP contribution in [0.2, 0.25) is 0 Å². The Bertz CT molecular complexity index is 937. The van der Waals surface area contributed by atoms with Gasteiger partial charge in [0.05, 0.1) is 24.1 Å². The Morgan fingerprint density at radius 1 is 1.26 bits per heavy atom. The number of ether oxygens (including phenoxy) is 1. The van der Waals surface area contributed by atoms with Crippen LogP contribution in [-0.4, -0.2) is 35.6 Å². The van der Waals surface area contributed by atoms with Crippen LogP contribution in [0.1, 0.15) is 38.5 Å². The monoisotopic (exact) mass is 472 g/mol. The molecule has 0 radical (unpaired) electrons. The van der Waals surface area contributed by atoms with Crippen molar-refractivity contribution in [3.8, 4) is 5.75 Å². The highest BCUT2D eigenvalue weighted by Gasteiger charge is 2.79. The van der Waals surface area contributed by atoms with Crippen molar-refractivity contribution in [2.24, 2.45) is 23.2 Å². The number of alkyl halides is 4. The molecule has 6 aliphatic rings. The number of fused-ring (bicyclic) bond motifs is 3. The van der Waals surface area contributed by atoms with Crippen LogP contribution in [0.25, 0.3) is 0 Å². The summed E-state index contributed by atoms with van der Waals surface area (Å²) in [7, 11) is 1.63. The van der Waals surface area contributed by atoms with E-state index < -0.39 is 17.1 Å². The van der Waals surface area contributed by atoms with Gasteiger partial charge in [-0.1, -0.05) is 23.4 Å². The number of benzene rings is 1. The van der Waals surface area contributed by atoms with Gasteiger partial charge < -0.3 is 15.0 Å². The molecule has 1 aromatic carbocycles. The predicted molar refractivity (Wildman–Crippen MR) is 112 cm³/mol. The Balaban J connectivity index is 1.24. The number of rotatable bonds is 4. The van der Waals surface area contributed by atoms with Crippen molar-refractivity contribution >= 4 is 35.0 Å². The zero-order valence-corrected chi connectivity index (χ0v) is 18.6. The van der Waals surface area contributed by atoms with E-state index in [1.807, 2.05) is 18.2 Å². The number of hydrogen-bond acceptors (Lipinski definition) is 4. The number of halogens is 4. The van der Waals surface area contributed by atoms with Crippen molar-refractivity contribution in [3.05, 3.63) is 18.2 Å². The van der Waals surface area contributed by atoms with Gasteiger partial charge in [-0.3, -0.25) is 4.79 Å². The quantitative estimate of drug-likeness (QED) is 0.486. The maximum atomic E-state index is 13.4. The van der Waals surface area contributed by atoms with E-state index in [-0.39, 0.29) is 47.9 Å². The third-order valence-corrected chi connectivity index (χ3v) is 9.88. The molecule has 1 aliphatic heterocycles. The summed E-state index contributed by atoms with van der Waals surface area (Å²) in [4.78, 5) is 16.3. The van der Waals surface area contributed by atoms with Crippen molar-refractivity contribution < 1.29 is 22.7 Å². The standard InChI is InChI=1S/C22H24ClF3N2O2S/c1-30-13-4-5-14-15(7-13)31-19(23)28(14)17-12-3-2-11(6-12)16(17)18(29)27-21-8-20(9-21,10-21)22(24,25)26/h4-5,7,11-12,16-17,19H,2-3,6,8-10H2,1H3,(H,27,29)/t11-,12+,16+,17-,19?,20?,21?/m1/s1. The SMILES string of the molecule is COc1ccc2c(c1)SC(Cl)N2[C@@H]1[C@H]2CC[C@H](C2)[C@@H]1C(=O)NC12CC(C(F)(F)F)(C1)C2. The normalized spacial score (nSPS) is 42.1. The van der Waals surface area contributed by atoms with Crippen LogP contribution in [0.15, 0.2) is 23.1 Å². The second kappa shape index (κ2) is 6.40. The van der Waals surface area contributed by atoms with Crippen LogP contribution in [0.5, 0.6) is 5.75 Å². The first-order chi connectivity index (χ1) is 14.7. The van der Waals surface area contributed by atoms with Gasteiger partial charge in [0.25, 0.3) is 0 Å². The number of carbonyl (C=O) groups excluding carboxylic acids is 1. The number of thioether (sulfide) groups is 1. The van der Waals surface area contributed by atoms with E-state index in [1.165, 1.54) is 0 Å². The Morgan fingerprint density at radius 2 is 1.97 bits per heavy atom. The summed E-state index contributed by atoms with van der Waals surface area (Å²) in [6, 6.07) is 5.85. The molecule has 4 bridgehead atoms. The van der Waals surface area contributed by atoms with E-state index in [9.17, 15) is 18.0 Å². The van der Waals surface area contributed by atoms with Gasteiger partial charge in [-0.05, 0) is 68.6 Å². The van der Waals surface area contributed by atoms with E-state index in [4.69, 9.17) is 16.3 Å². The number of nitrogens with zero attached hydrogens (tertiary/aromatic N) is 1. The Morgan fingerprint density at radius 3 is 2.65 bits per heavy atom. The molecule has 9 heteroatoms. The van der Waals surface area contributed by atoms with Crippen LogP contribution in [0.4, 0.5) is 18.9 Å². The second-order valence-corrected chi connectivity index (χ2v) is 11.9. The van der Waals surface area contributed by atoms with Gasteiger partial charge >= 0.3 is 6.18 Å². The number of amides is 1. The first-order valence-corrected chi connectivity index (χ1v) is 12.1. The minimum Gasteiger partial charge on any atom is -0.497 e. The van der Waals surface area contributed by atoms with Gasteiger partial charge in [0.15, 0.2) is 4.83 Å². The maximum absolute atomic E-state index is 13.4. The summed E-state index contributed by atoms with van der Waals surface area (Å²) >= 11 is 8.32. The minimum absolute atomic E-state index is 0.0210. The molecule has 1 N–H and O–H groups in total. The fourth-order valence-corrected chi connectivity index (χ4v) is 8.67. The van der Waals surface area contributed by atoms with E-state index in [1.54, 1.807) is 18.9 Å². The van der Waals surface area contributed by atoms with Gasteiger partial charge in [0.1, 0.15) is 5.75 Å². The van der Waals surface area contributed by atoms with Crippen LogP contribution in [0.3, 0.4) is 0 Å². The summed E-state index contributed by atoms with van der Waals surface area (Å²) in [5.41, 5.74) is -1.19.